The second-order valence-electron chi connectivity index (χ2n) is 5.17. The first-order valence-corrected chi connectivity index (χ1v) is 10.7. The topological polar surface area (TPSA) is 101 Å². The van der Waals surface area contributed by atoms with Gasteiger partial charge in [0.2, 0.25) is 11.0 Å². The molecule has 2 rings (SSSR count). The summed E-state index contributed by atoms with van der Waals surface area (Å²) in [5.41, 5.74) is 0. The molecule has 0 saturated carbocycles. The first kappa shape index (κ1) is 17.5. The van der Waals surface area contributed by atoms with E-state index in [-0.39, 0.29) is 28.7 Å². The molecule has 1 aliphatic rings. The molecular weight excluding hydrogens is 344 g/mol. The Bertz CT molecular complexity index is 617. The lowest BCUT2D eigenvalue weighted by molar-refractivity contribution is -0.120. The second kappa shape index (κ2) is 7.60. The lowest BCUT2D eigenvalue weighted by atomic mass is 10.2. The Labute approximate surface area is 138 Å². The van der Waals surface area contributed by atoms with Gasteiger partial charge < -0.3 is 10.6 Å². The van der Waals surface area contributed by atoms with Gasteiger partial charge in [-0.1, -0.05) is 30.0 Å². The zero-order chi connectivity index (χ0) is 16.2. The van der Waals surface area contributed by atoms with Crippen molar-refractivity contribution in [2.45, 2.75) is 42.3 Å². The van der Waals surface area contributed by atoms with Gasteiger partial charge in [-0.15, -0.1) is 10.2 Å². The van der Waals surface area contributed by atoms with E-state index in [9.17, 15) is 13.2 Å². The van der Waals surface area contributed by atoms with E-state index in [2.05, 4.69) is 27.8 Å². The largest absolute Gasteiger partial charge is 0.360 e. The summed E-state index contributed by atoms with van der Waals surface area (Å²) >= 11 is 2.75. The number of hydrogen-bond donors (Lipinski definition) is 2. The highest BCUT2D eigenvalue weighted by molar-refractivity contribution is 8.02. The van der Waals surface area contributed by atoms with Crippen LogP contribution >= 0.6 is 23.1 Å². The Morgan fingerprint density at radius 2 is 2.27 bits per heavy atom. The molecule has 0 aromatic carbocycles. The first-order chi connectivity index (χ1) is 10.4. The van der Waals surface area contributed by atoms with Gasteiger partial charge in [-0.05, 0) is 19.8 Å². The molecule has 0 radical (unpaired) electrons. The third-order valence-corrected chi connectivity index (χ3v) is 6.99. The van der Waals surface area contributed by atoms with Gasteiger partial charge in [-0.25, -0.2) is 8.42 Å². The van der Waals surface area contributed by atoms with E-state index < -0.39 is 9.84 Å². The summed E-state index contributed by atoms with van der Waals surface area (Å²) in [7, 11) is -2.98. The van der Waals surface area contributed by atoms with Gasteiger partial charge in [0.05, 0.1) is 16.8 Å². The van der Waals surface area contributed by atoms with Crippen molar-refractivity contribution in [3.05, 3.63) is 0 Å². The van der Waals surface area contributed by atoms with Crippen LogP contribution in [0.3, 0.4) is 0 Å². The van der Waals surface area contributed by atoms with Crippen LogP contribution < -0.4 is 10.6 Å². The van der Waals surface area contributed by atoms with Gasteiger partial charge in [0.1, 0.15) is 0 Å². The summed E-state index contributed by atoms with van der Waals surface area (Å²) in [5.74, 6) is 0.0351. The Morgan fingerprint density at radius 3 is 2.91 bits per heavy atom. The number of carbonyl (C=O) groups excluding carboxylic acids is 1. The van der Waals surface area contributed by atoms with Gasteiger partial charge in [0, 0.05) is 12.6 Å². The molecule has 2 heterocycles. The maximum atomic E-state index is 12.1. The average molecular weight is 365 g/mol. The molecule has 1 aromatic rings. The molecule has 0 unspecified atom stereocenters. The lowest BCUT2D eigenvalue weighted by Gasteiger charge is -2.14. The van der Waals surface area contributed by atoms with E-state index in [0.29, 0.717) is 6.42 Å². The fourth-order valence-corrected chi connectivity index (χ4v) is 5.60. The van der Waals surface area contributed by atoms with Crippen LogP contribution in [-0.4, -0.2) is 53.9 Å². The molecule has 2 atom stereocenters. The Hall–Kier alpha value is -0.870. The SMILES string of the molecule is CCCNc1nnc(S[C@H](C)C(=O)N[C@@H]2CCS(=O)(=O)C2)s1. The molecular formula is C12H20N4O3S3. The average Bonchev–Trinajstić information content (AvgIpc) is 3.03. The third-order valence-electron chi connectivity index (χ3n) is 3.16. The number of amides is 1. The van der Waals surface area contributed by atoms with Crippen LogP contribution in [0.2, 0.25) is 0 Å². The molecule has 2 N–H and O–H groups in total. The molecule has 1 aromatic heterocycles. The highest BCUT2D eigenvalue weighted by Crippen LogP contribution is 2.29. The number of rotatable bonds is 7. The maximum absolute atomic E-state index is 12.1. The standard InChI is InChI=1S/C12H20N4O3S3/c1-3-5-13-11-15-16-12(21-11)20-8(2)10(17)14-9-4-6-22(18,19)7-9/h8-9H,3-7H2,1-2H3,(H,13,15)(H,14,17)/t8-,9-/m1/s1. The molecule has 124 valence electrons. The van der Waals surface area contributed by atoms with Gasteiger partial charge in [-0.3, -0.25) is 4.79 Å². The molecule has 1 aliphatic heterocycles. The Kier molecular flexibility index (Phi) is 6.04. The number of hydrogen-bond acceptors (Lipinski definition) is 8. The van der Waals surface area contributed by atoms with E-state index in [0.717, 1.165) is 22.4 Å². The van der Waals surface area contributed by atoms with E-state index in [1.165, 1.54) is 23.1 Å². The number of nitrogens with zero attached hydrogens (tertiary/aromatic N) is 2. The van der Waals surface area contributed by atoms with Crippen LogP contribution in [0.5, 0.6) is 0 Å². The minimum absolute atomic E-state index is 0.0417. The Balaban J connectivity index is 1.82. The van der Waals surface area contributed by atoms with Crippen molar-refractivity contribution in [1.29, 1.82) is 0 Å². The zero-order valence-corrected chi connectivity index (χ0v) is 15.0. The van der Waals surface area contributed by atoms with Crippen molar-refractivity contribution in [2.24, 2.45) is 0 Å². The molecule has 7 nitrogen and oxygen atoms in total. The van der Waals surface area contributed by atoms with Crippen LogP contribution in [0.15, 0.2) is 4.34 Å². The molecule has 10 heteroatoms. The predicted octanol–water partition coefficient (Wildman–Crippen LogP) is 1.14. The highest BCUT2D eigenvalue weighted by Gasteiger charge is 2.30. The van der Waals surface area contributed by atoms with Crippen molar-refractivity contribution >= 4 is 44.0 Å². The maximum Gasteiger partial charge on any atom is 0.233 e. The summed E-state index contributed by atoms with van der Waals surface area (Å²) in [6.45, 7) is 4.69. The van der Waals surface area contributed by atoms with Crippen LogP contribution in [0.4, 0.5) is 5.13 Å². The summed E-state index contributed by atoms with van der Waals surface area (Å²) in [5, 5.41) is 14.4. The first-order valence-electron chi connectivity index (χ1n) is 7.14. The summed E-state index contributed by atoms with van der Waals surface area (Å²) < 4.78 is 23.5. The molecule has 22 heavy (non-hydrogen) atoms. The third kappa shape index (κ3) is 5.10. The van der Waals surface area contributed by atoms with Crippen molar-refractivity contribution in [3.8, 4) is 0 Å². The minimum Gasteiger partial charge on any atom is -0.360 e. The molecule has 1 fully saturated rings. The van der Waals surface area contributed by atoms with Crippen LogP contribution in [0.1, 0.15) is 26.7 Å². The number of thioether (sulfide) groups is 1. The zero-order valence-electron chi connectivity index (χ0n) is 12.5. The number of aromatic nitrogens is 2. The predicted molar refractivity (Wildman–Crippen MR) is 89.2 cm³/mol. The number of carbonyl (C=O) groups is 1. The van der Waals surface area contributed by atoms with Crippen molar-refractivity contribution < 1.29 is 13.2 Å². The molecule has 0 aliphatic carbocycles. The smallest absolute Gasteiger partial charge is 0.233 e. The number of sulfone groups is 1. The van der Waals surface area contributed by atoms with E-state index in [1.807, 2.05) is 0 Å². The molecule has 0 bridgehead atoms. The highest BCUT2D eigenvalue weighted by atomic mass is 32.2. The van der Waals surface area contributed by atoms with E-state index >= 15 is 0 Å². The summed E-state index contributed by atoms with van der Waals surface area (Å²) in [6, 6.07) is -0.267. The fourth-order valence-electron chi connectivity index (χ4n) is 1.99. The quantitative estimate of drug-likeness (QED) is 0.700. The van der Waals surface area contributed by atoms with Crippen molar-refractivity contribution in [1.82, 2.24) is 15.5 Å². The van der Waals surface area contributed by atoms with Crippen LogP contribution in [-0.2, 0) is 14.6 Å². The molecule has 0 spiro atoms. The number of nitrogens with one attached hydrogen (secondary N) is 2. The van der Waals surface area contributed by atoms with Crippen molar-refractivity contribution in [2.75, 3.05) is 23.4 Å². The van der Waals surface area contributed by atoms with Gasteiger partial charge >= 0.3 is 0 Å². The van der Waals surface area contributed by atoms with Crippen LogP contribution in [0, 0.1) is 0 Å². The summed E-state index contributed by atoms with van der Waals surface area (Å²) in [4.78, 5) is 12.1. The molecule has 1 saturated heterocycles. The Morgan fingerprint density at radius 1 is 1.50 bits per heavy atom. The monoisotopic (exact) mass is 364 g/mol. The van der Waals surface area contributed by atoms with Crippen molar-refractivity contribution in [3.63, 3.8) is 0 Å². The fraction of sp³-hybridized carbons (Fsp3) is 0.750. The normalized spacial score (nSPS) is 21.5. The summed E-state index contributed by atoms with van der Waals surface area (Å²) in [6.07, 6.45) is 1.50. The minimum atomic E-state index is -2.98. The molecule has 1 amide bonds. The van der Waals surface area contributed by atoms with E-state index in [4.69, 9.17) is 0 Å². The number of anilines is 1. The van der Waals surface area contributed by atoms with Crippen LogP contribution in [0.25, 0.3) is 0 Å². The van der Waals surface area contributed by atoms with Gasteiger partial charge in [0.25, 0.3) is 0 Å². The van der Waals surface area contributed by atoms with Gasteiger partial charge in [0.15, 0.2) is 14.2 Å². The van der Waals surface area contributed by atoms with Gasteiger partial charge in [-0.2, -0.15) is 0 Å². The van der Waals surface area contributed by atoms with E-state index in [1.54, 1.807) is 6.92 Å². The second-order valence-corrected chi connectivity index (χ2v) is 9.96. The lowest BCUT2D eigenvalue weighted by Crippen LogP contribution is -2.39.